The third-order valence-electron chi connectivity index (χ3n) is 2.90. The van der Waals surface area contributed by atoms with Crippen molar-refractivity contribution < 1.29 is 14.3 Å². The Morgan fingerprint density at radius 3 is 2.33 bits per heavy atom. The third-order valence-corrected chi connectivity index (χ3v) is 2.90. The van der Waals surface area contributed by atoms with Gasteiger partial charge in [0.15, 0.2) is 0 Å². The van der Waals surface area contributed by atoms with Crippen molar-refractivity contribution in [3.8, 4) is 0 Å². The molecule has 5 N–H and O–H groups in total. The normalized spacial score (nSPS) is 9.95. The van der Waals surface area contributed by atoms with E-state index in [4.69, 9.17) is 16.2 Å². The molecule has 2 aromatic rings. The van der Waals surface area contributed by atoms with E-state index in [0.717, 1.165) is 0 Å². The number of ether oxygens (including phenoxy) is 1. The lowest BCUT2D eigenvalue weighted by Crippen LogP contribution is -2.10. The summed E-state index contributed by atoms with van der Waals surface area (Å²) in [5.74, 6) is -0.983. The van der Waals surface area contributed by atoms with Crippen LogP contribution < -0.4 is 16.8 Å². The molecular formula is C15H15N3O3. The second-order valence-corrected chi connectivity index (χ2v) is 4.36. The van der Waals surface area contributed by atoms with Gasteiger partial charge in [0, 0.05) is 16.9 Å². The van der Waals surface area contributed by atoms with E-state index in [2.05, 4.69) is 5.32 Å². The first-order valence-electron chi connectivity index (χ1n) is 6.16. The fourth-order valence-electron chi connectivity index (χ4n) is 1.82. The summed E-state index contributed by atoms with van der Waals surface area (Å²) in [7, 11) is 1.30. The number of primary amides is 1. The number of esters is 1. The van der Waals surface area contributed by atoms with Gasteiger partial charge < -0.3 is 21.5 Å². The number of rotatable bonds is 4. The maximum Gasteiger partial charge on any atom is 0.340 e. The third kappa shape index (κ3) is 3.30. The summed E-state index contributed by atoms with van der Waals surface area (Å²) in [6, 6.07) is 11.5. The maximum absolute atomic E-state index is 11.7. The number of carbonyl (C=O) groups excluding carboxylic acids is 2. The molecule has 0 aliphatic heterocycles. The van der Waals surface area contributed by atoms with Crippen LogP contribution in [0.5, 0.6) is 0 Å². The summed E-state index contributed by atoms with van der Waals surface area (Å²) in [4.78, 5) is 22.8. The summed E-state index contributed by atoms with van der Waals surface area (Å²) in [5.41, 5.74) is 13.3. The molecule has 108 valence electrons. The topological polar surface area (TPSA) is 107 Å². The molecule has 0 fully saturated rings. The van der Waals surface area contributed by atoms with Crippen LogP contribution in [0.3, 0.4) is 0 Å². The molecule has 2 rings (SSSR count). The van der Waals surface area contributed by atoms with E-state index >= 15 is 0 Å². The number of nitrogen functional groups attached to an aromatic ring is 1. The Bertz CT molecular complexity index is 681. The molecule has 0 saturated heterocycles. The van der Waals surface area contributed by atoms with Crippen molar-refractivity contribution in [1.82, 2.24) is 0 Å². The first kappa shape index (κ1) is 14.4. The Morgan fingerprint density at radius 2 is 1.76 bits per heavy atom. The molecule has 0 bridgehead atoms. The lowest BCUT2D eigenvalue weighted by Gasteiger charge is -2.11. The summed E-state index contributed by atoms with van der Waals surface area (Å²) in [5, 5.41) is 3.07. The van der Waals surface area contributed by atoms with Crippen LogP contribution in [0.2, 0.25) is 0 Å². The number of hydrogen-bond acceptors (Lipinski definition) is 5. The molecule has 6 heteroatoms. The van der Waals surface area contributed by atoms with Gasteiger partial charge in [-0.15, -0.1) is 0 Å². The Kier molecular flexibility index (Phi) is 4.08. The highest BCUT2D eigenvalue weighted by Gasteiger charge is 2.12. The fourth-order valence-corrected chi connectivity index (χ4v) is 1.82. The van der Waals surface area contributed by atoms with Gasteiger partial charge >= 0.3 is 5.97 Å². The minimum Gasteiger partial charge on any atom is -0.465 e. The van der Waals surface area contributed by atoms with Crippen molar-refractivity contribution >= 4 is 28.9 Å². The minimum absolute atomic E-state index is 0.330. The van der Waals surface area contributed by atoms with Crippen LogP contribution in [-0.4, -0.2) is 19.0 Å². The number of nitrogens with one attached hydrogen (secondary N) is 1. The molecule has 1 amide bonds. The van der Waals surface area contributed by atoms with E-state index in [9.17, 15) is 9.59 Å². The molecule has 0 spiro atoms. The maximum atomic E-state index is 11.7. The minimum atomic E-state index is -0.496. The van der Waals surface area contributed by atoms with E-state index in [1.165, 1.54) is 13.2 Å². The van der Waals surface area contributed by atoms with Gasteiger partial charge in [-0.2, -0.15) is 0 Å². The van der Waals surface area contributed by atoms with E-state index in [-0.39, 0.29) is 0 Å². The largest absolute Gasteiger partial charge is 0.465 e. The van der Waals surface area contributed by atoms with Crippen LogP contribution in [0.25, 0.3) is 0 Å². The molecule has 6 nitrogen and oxygen atoms in total. The van der Waals surface area contributed by atoms with Crippen LogP contribution in [-0.2, 0) is 4.74 Å². The fraction of sp³-hybridized carbons (Fsp3) is 0.0667. The van der Waals surface area contributed by atoms with Crippen molar-refractivity contribution in [2.45, 2.75) is 0 Å². The summed E-state index contributed by atoms with van der Waals surface area (Å²) < 4.78 is 4.72. The predicted octanol–water partition coefficient (Wildman–Crippen LogP) is 1.90. The van der Waals surface area contributed by atoms with Crippen molar-refractivity contribution in [2.24, 2.45) is 5.73 Å². The Morgan fingerprint density at radius 1 is 1.10 bits per heavy atom. The molecule has 0 atom stereocenters. The smallest absolute Gasteiger partial charge is 0.340 e. The molecule has 0 aliphatic carbocycles. The zero-order chi connectivity index (χ0) is 15.4. The van der Waals surface area contributed by atoms with Gasteiger partial charge in [-0.3, -0.25) is 4.79 Å². The Balaban J connectivity index is 2.30. The zero-order valence-corrected chi connectivity index (χ0v) is 11.4. The molecule has 2 aromatic carbocycles. The van der Waals surface area contributed by atoms with Gasteiger partial charge in [-0.25, -0.2) is 4.79 Å². The molecule has 21 heavy (non-hydrogen) atoms. The van der Waals surface area contributed by atoms with Crippen molar-refractivity contribution in [3.05, 3.63) is 53.6 Å². The molecule has 0 radical (unpaired) electrons. The number of hydrogen-bond donors (Lipinski definition) is 3. The Labute approximate surface area is 121 Å². The van der Waals surface area contributed by atoms with Gasteiger partial charge in [0.2, 0.25) is 5.91 Å². The van der Waals surface area contributed by atoms with Gasteiger partial charge in [0.05, 0.1) is 18.4 Å². The van der Waals surface area contributed by atoms with Crippen molar-refractivity contribution in [1.29, 1.82) is 0 Å². The van der Waals surface area contributed by atoms with Crippen molar-refractivity contribution in [2.75, 3.05) is 18.2 Å². The highest BCUT2D eigenvalue weighted by Crippen LogP contribution is 2.24. The first-order valence-corrected chi connectivity index (χ1v) is 6.16. The van der Waals surface area contributed by atoms with Gasteiger partial charge in [0.25, 0.3) is 0 Å². The lowest BCUT2D eigenvalue weighted by molar-refractivity contribution is 0.0602. The molecule has 0 heterocycles. The quantitative estimate of drug-likeness (QED) is 0.587. The average Bonchev–Trinajstić information content (AvgIpc) is 2.48. The molecule has 0 aromatic heterocycles. The van der Waals surface area contributed by atoms with E-state index in [0.29, 0.717) is 28.2 Å². The number of carbonyl (C=O) groups is 2. The second-order valence-electron chi connectivity index (χ2n) is 4.36. The van der Waals surface area contributed by atoms with Crippen molar-refractivity contribution in [3.63, 3.8) is 0 Å². The molecule has 0 saturated carbocycles. The predicted molar refractivity (Wildman–Crippen MR) is 80.4 cm³/mol. The van der Waals surface area contributed by atoms with Crippen LogP contribution in [0.1, 0.15) is 20.7 Å². The van der Waals surface area contributed by atoms with E-state index < -0.39 is 11.9 Å². The van der Waals surface area contributed by atoms with Crippen LogP contribution in [0.4, 0.5) is 17.1 Å². The molecule has 0 unspecified atom stereocenters. The molecular weight excluding hydrogens is 270 g/mol. The van der Waals surface area contributed by atoms with E-state index in [1.54, 1.807) is 36.4 Å². The number of methoxy groups -OCH3 is 1. The lowest BCUT2D eigenvalue weighted by atomic mass is 10.1. The summed E-state index contributed by atoms with van der Waals surface area (Å²) in [6.45, 7) is 0. The monoisotopic (exact) mass is 285 g/mol. The van der Waals surface area contributed by atoms with E-state index in [1.807, 2.05) is 0 Å². The first-order chi connectivity index (χ1) is 10.0. The summed E-state index contributed by atoms with van der Waals surface area (Å²) in [6.07, 6.45) is 0. The van der Waals surface area contributed by atoms with Crippen LogP contribution in [0, 0.1) is 0 Å². The van der Waals surface area contributed by atoms with Gasteiger partial charge in [0.1, 0.15) is 0 Å². The SMILES string of the molecule is COC(=O)c1cc(N)ccc1Nc1ccc(C(N)=O)cc1. The van der Waals surface area contributed by atoms with Gasteiger partial charge in [-0.1, -0.05) is 0 Å². The van der Waals surface area contributed by atoms with Crippen LogP contribution >= 0.6 is 0 Å². The second kappa shape index (κ2) is 5.96. The standard InChI is InChI=1S/C15H15N3O3/c1-21-15(20)12-8-10(16)4-7-13(12)18-11-5-2-9(3-6-11)14(17)19/h2-8,18H,16H2,1H3,(H2,17,19). The number of nitrogens with two attached hydrogens (primary N) is 2. The number of amides is 1. The zero-order valence-electron chi connectivity index (χ0n) is 11.4. The average molecular weight is 285 g/mol. The van der Waals surface area contributed by atoms with Crippen LogP contribution in [0.15, 0.2) is 42.5 Å². The number of anilines is 3. The highest BCUT2D eigenvalue weighted by atomic mass is 16.5. The molecule has 0 aliphatic rings. The number of benzene rings is 2. The summed E-state index contributed by atoms with van der Waals surface area (Å²) >= 11 is 0. The Hall–Kier alpha value is -3.02. The highest BCUT2D eigenvalue weighted by molar-refractivity contribution is 5.98. The van der Waals surface area contributed by atoms with Gasteiger partial charge in [-0.05, 0) is 42.5 Å².